The molecule has 5 heteroatoms. The van der Waals surface area contributed by atoms with Crippen LogP contribution in [0.5, 0.6) is 11.5 Å². The van der Waals surface area contributed by atoms with Crippen LogP contribution in [0.3, 0.4) is 0 Å². The van der Waals surface area contributed by atoms with Crippen molar-refractivity contribution in [2.75, 3.05) is 7.11 Å². The van der Waals surface area contributed by atoms with Gasteiger partial charge in [0.2, 0.25) is 0 Å². The molecule has 0 radical (unpaired) electrons. The standard InChI is InChI=1S/C12H10O5/c1-5-7-4-16-12(14)9(7)11-6(10(5)15-2)3-8(13)17-11/h3-4H2,1-2H3. The number of benzene rings is 1. The van der Waals surface area contributed by atoms with Crippen molar-refractivity contribution < 1.29 is 23.8 Å². The van der Waals surface area contributed by atoms with Crippen LogP contribution in [0.2, 0.25) is 0 Å². The van der Waals surface area contributed by atoms with Gasteiger partial charge in [-0.05, 0) is 12.5 Å². The first-order chi connectivity index (χ1) is 8.13. The third-order valence-electron chi connectivity index (χ3n) is 3.16. The fraction of sp³-hybridized carbons (Fsp3) is 0.333. The predicted octanol–water partition coefficient (Wildman–Crippen LogP) is 1.14. The molecule has 2 aliphatic heterocycles. The van der Waals surface area contributed by atoms with Crippen molar-refractivity contribution >= 4 is 11.9 Å². The molecule has 0 unspecified atom stereocenters. The summed E-state index contributed by atoms with van der Waals surface area (Å²) < 4.78 is 15.4. The molecule has 0 saturated carbocycles. The number of hydrogen-bond acceptors (Lipinski definition) is 5. The van der Waals surface area contributed by atoms with Gasteiger partial charge in [-0.15, -0.1) is 0 Å². The van der Waals surface area contributed by atoms with Crippen LogP contribution in [-0.4, -0.2) is 19.0 Å². The van der Waals surface area contributed by atoms with Gasteiger partial charge in [0.15, 0.2) is 5.75 Å². The Bertz CT molecular complexity index is 559. The SMILES string of the molecule is COc1c(C)c2c(c3c1CC(=O)O3)C(=O)OC2. The van der Waals surface area contributed by atoms with Crippen molar-refractivity contribution in [1.29, 1.82) is 0 Å². The zero-order valence-electron chi connectivity index (χ0n) is 9.46. The van der Waals surface area contributed by atoms with Gasteiger partial charge in [-0.2, -0.15) is 0 Å². The Kier molecular flexibility index (Phi) is 1.92. The van der Waals surface area contributed by atoms with Gasteiger partial charge >= 0.3 is 11.9 Å². The maximum Gasteiger partial charge on any atom is 0.342 e. The van der Waals surface area contributed by atoms with E-state index in [1.807, 2.05) is 6.92 Å². The summed E-state index contributed by atoms with van der Waals surface area (Å²) in [6.07, 6.45) is 0.139. The van der Waals surface area contributed by atoms with Crippen LogP contribution >= 0.6 is 0 Å². The molecule has 88 valence electrons. The number of esters is 2. The third-order valence-corrected chi connectivity index (χ3v) is 3.16. The summed E-state index contributed by atoms with van der Waals surface area (Å²) >= 11 is 0. The minimum Gasteiger partial charge on any atom is -0.496 e. The fourth-order valence-electron chi connectivity index (χ4n) is 2.39. The summed E-state index contributed by atoms with van der Waals surface area (Å²) in [5.41, 5.74) is 2.61. The number of rotatable bonds is 1. The van der Waals surface area contributed by atoms with Crippen LogP contribution in [0.15, 0.2) is 0 Å². The Morgan fingerprint density at radius 3 is 2.71 bits per heavy atom. The second-order valence-electron chi connectivity index (χ2n) is 4.05. The van der Waals surface area contributed by atoms with Crippen molar-refractivity contribution in [2.45, 2.75) is 20.0 Å². The quantitative estimate of drug-likeness (QED) is 0.538. The largest absolute Gasteiger partial charge is 0.496 e. The van der Waals surface area contributed by atoms with Gasteiger partial charge < -0.3 is 14.2 Å². The molecule has 0 fully saturated rings. The van der Waals surface area contributed by atoms with Crippen molar-refractivity contribution in [3.63, 3.8) is 0 Å². The van der Waals surface area contributed by atoms with E-state index < -0.39 is 5.97 Å². The van der Waals surface area contributed by atoms with Crippen molar-refractivity contribution in [1.82, 2.24) is 0 Å². The lowest BCUT2D eigenvalue weighted by molar-refractivity contribution is -0.131. The molecule has 1 aromatic carbocycles. The number of methoxy groups -OCH3 is 1. The summed E-state index contributed by atoms with van der Waals surface area (Å²) in [5, 5.41) is 0. The van der Waals surface area contributed by atoms with E-state index in [2.05, 4.69) is 0 Å². The monoisotopic (exact) mass is 234 g/mol. The highest BCUT2D eigenvalue weighted by Crippen LogP contribution is 2.44. The minimum atomic E-state index is -0.434. The molecule has 0 aliphatic carbocycles. The molecule has 0 N–H and O–H groups in total. The molecule has 17 heavy (non-hydrogen) atoms. The van der Waals surface area contributed by atoms with E-state index in [0.717, 1.165) is 11.1 Å². The number of fused-ring (bicyclic) bond motifs is 3. The topological polar surface area (TPSA) is 61.8 Å². The highest BCUT2D eigenvalue weighted by atomic mass is 16.6. The molecule has 2 aliphatic rings. The summed E-state index contributed by atoms with van der Waals surface area (Å²) in [6, 6.07) is 0. The molecule has 0 aromatic heterocycles. The number of carbonyl (C=O) groups excluding carboxylic acids is 2. The summed E-state index contributed by atoms with van der Waals surface area (Å²) in [4.78, 5) is 23.0. The van der Waals surface area contributed by atoms with Crippen LogP contribution in [-0.2, 0) is 22.6 Å². The first-order valence-electron chi connectivity index (χ1n) is 5.23. The average Bonchev–Trinajstić information content (AvgIpc) is 2.83. The van der Waals surface area contributed by atoms with Crippen molar-refractivity contribution in [2.24, 2.45) is 0 Å². The molecule has 0 spiro atoms. The average molecular weight is 234 g/mol. The van der Waals surface area contributed by atoms with E-state index in [1.54, 1.807) is 0 Å². The van der Waals surface area contributed by atoms with E-state index in [1.165, 1.54) is 7.11 Å². The number of hydrogen-bond donors (Lipinski definition) is 0. The smallest absolute Gasteiger partial charge is 0.342 e. The maximum atomic E-state index is 11.6. The Balaban J connectivity index is 2.36. The van der Waals surface area contributed by atoms with Crippen LogP contribution in [0, 0.1) is 6.92 Å². The van der Waals surface area contributed by atoms with E-state index in [9.17, 15) is 9.59 Å². The molecule has 3 rings (SSSR count). The van der Waals surface area contributed by atoms with Crippen LogP contribution < -0.4 is 9.47 Å². The second kappa shape index (κ2) is 3.23. The summed E-state index contributed by atoms with van der Waals surface area (Å²) in [7, 11) is 1.54. The molecule has 0 bridgehead atoms. The Labute approximate surface area is 97.3 Å². The first kappa shape index (κ1) is 10.1. The first-order valence-corrected chi connectivity index (χ1v) is 5.23. The van der Waals surface area contributed by atoms with Crippen molar-refractivity contribution in [3.8, 4) is 11.5 Å². The van der Waals surface area contributed by atoms with Gasteiger partial charge in [0.1, 0.15) is 17.9 Å². The number of carbonyl (C=O) groups is 2. The van der Waals surface area contributed by atoms with Gasteiger partial charge in [-0.1, -0.05) is 0 Å². The molecule has 0 atom stereocenters. The number of cyclic esters (lactones) is 1. The summed E-state index contributed by atoms with van der Waals surface area (Å²) in [5.74, 6) is 0.125. The lowest BCUT2D eigenvalue weighted by atomic mass is 9.97. The zero-order chi connectivity index (χ0) is 12.2. The van der Waals surface area contributed by atoms with Crippen molar-refractivity contribution in [3.05, 3.63) is 22.3 Å². The van der Waals surface area contributed by atoms with Crippen LogP contribution in [0.1, 0.15) is 27.0 Å². The minimum absolute atomic E-state index is 0.139. The molecule has 0 saturated heterocycles. The Morgan fingerprint density at radius 2 is 2.00 bits per heavy atom. The molecule has 1 aromatic rings. The maximum absolute atomic E-state index is 11.6. The lowest BCUT2D eigenvalue weighted by Crippen LogP contribution is -2.03. The molecular weight excluding hydrogens is 224 g/mol. The van der Waals surface area contributed by atoms with Gasteiger partial charge in [0.25, 0.3) is 0 Å². The van der Waals surface area contributed by atoms with Gasteiger partial charge in [0, 0.05) is 11.1 Å². The summed E-state index contributed by atoms with van der Waals surface area (Å²) in [6.45, 7) is 2.06. The molecular formula is C12H10O5. The number of ether oxygens (including phenoxy) is 3. The van der Waals surface area contributed by atoms with E-state index in [4.69, 9.17) is 14.2 Å². The van der Waals surface area contributed by atoms with Gasteiger partial charge in [0.05, 0.1) is 13.5 Å². The highest BCUT2D eigenvalue weighted by molar-refractivity contribution is 6.01. The van der Waals surface area contributed by atoms with E-state index in [0.29, 0.717) is 22.6 Å². The second-order valence-corrected chi connectivity index (χ2v) is 4.05. The molecule has 5 nitrogen and oxygen atoms in total. The van der Waals surface area contributed by atoms with Crippen LogP contribution in [0.25, 0.3) is 0 Å². The highest BCUT2D eigenvalue weighted by Gasteiger charge is 2.37. The Hall–Kier alpha value is -2.04. The van der Waals surface area contributed by atoms with E-state index >= 15 is 0 Å². The lowest BCUT2D eigenvalue weighted by Gasteiger charge is -2.12. The van der Waals surface area contributed by atoms with Gasteiger partial charge in [-0.25, -0.2) is 4.79 Å². The van der Waals surface area contributed by atoms with Crippen LogP contribution in [0.4, 0.5) is 0 Å². The Morgan fingerprint density at radius 1 is 1.24 bits per heavy atom. The fourth-order valence-corrected chi connectivity index (χ4v) is 2.39. The predicted molar refractivity (Wildman–Crippen MR) is 56.2 cm³/mol. The van der Waals surface area contributed by atoms with E-state index in [-0.39, 0.29) is 19.0 Å². The zero-order valence-corrected chi connectivity index (χ0v) is 9.46. The molecule has 2 heterocycles. The molecule has 0 amide bonds. The normalized spacial score (nSPS) is 16.4. The van der Waals surface area contributed by atoms with Gasteiger partial charge in [-0.3, -0.25) is 4.79 Å². The third kappa shape index (κ3) is 1.19.